The summed E-state index contributed by atoms with van der Waals surface area (Å²) in [6, 6.07) is 2.48. The van der Waals surface area contributed by atoms with Crippen LogP contribution in [0.5, 0.6) is 0 Å². The molecular formula is C16H28N2O. The quantitative estimate of drug-likeness (QED) is 0.768. The van der Waals surface area contributed by atoms with E-state index in [1.54, 1.807) is 0 Å². The molecule has 0 aliphatic heterocycles. The van der Waals surface area contributed by atoms with Crippen LogP contribution in [0.1, 0.15) is 72.1 Å². The van der Waals surface area contributed by atoms with Gasteiger partial charge in [0.25, 0.3) is 0 Å². The average molecular weight is 264 g/mol. The largest absolute Gasteiger partial charge is 0.352 e. The van der Waals surface area contributed by atoms with Gasteiger partial charge in [0, 0.05) is 6.04 Å². The number of nitrogens with one attached hydrogen (secondary N) is 1. The second-order valence-corrected chi connectivity index (χ2v) is 6.23. The Kier molecular flexibility index (Phi) is 6.34. The SMILES string of the molecule is CCC(C)CC(C)NC(=O)C1(C#N)CCCCCC1. The zero-order chi connectivity index (χ0) is 14.3. The second-order valence-electron chi connectivity index (χ2n) is 6.23. The molecule has 0 radical (unpaired) electrons. The molecule has 1 fully saturated rings. The highest BCUT2D eigenvalue weighted by Gasteiger charge is 2.39. The Morgan fingerprint density at radius 2 is 1.84 bits per heavy atom. The fourth-order valence-corrected chi connectivity index (χ4v) is 2.91. The highest BCUT2D eigenvalue weighted by atomic mass is 16.2. The molecule has 108 valence electrons. The third-order valence-electron chi connectivity index (χ3n) is 4.44. The molecule has 3 nitrogen and oxygen atoms in total. The van der Waals surface area contributed by atoms with Gasteiger partial charge in [-0.3, -0.25) is 4.79 Å². The van der Waals surface area contributed by atoms with Crippen LogP contribution < -0.4 is 5.32 Å². The summed E-state index contributed by atoms with van der Waals surface area (Å²) in [7, 11) is 0. The zero-order valence-corrected chi connectivity index (χ0v) is 12.7. The third kappa shape index (κ3) is 4.53. The molecule has 3 heteroatoms. The van der Waals surface area contributed by atoms with Crippen molar-refractivity contribution in [2.75, 3.05) is 0 Å². The van der Waals surface area contributed by atoms with Crippen molar-refractivity contribution in [3.05, 3.63) is 0 Å². The van der Waals surface area contributed by atoms with E-state index in [0.29, 0.717) is 5.92 Å². The molecule has 2 atom stereocenters. The van der Waals surface area contributed by atoms with Crippen LogP contribution in [-0.2, 0) is 4.79 Å². The summed E-state index contributed by atoms with van der Waals surface area (Å²) in [4.78, 5) is 12.5. The van der Waals surface area contributed by atoms with E-state index in [-0.39, 0.29) is 11.9 Å². The lowest BCUT2D eigenvalue weighted by Gasteiger charge is -2.27. The van der Waals surface area contributed by atoms with Crippen LogP contribution in [0.25, 0.3) is 0 Å². The van der Waals surface area contributed by atoms with Gasteiger partial charge in [0.1, 0.15) is 5.41 Å². The van der Waals surface area contributed by atoms with E-state index >= 15 is 0 Å². The van der Waals surface area contributed by atoms with Crippen LogP contribution in [0, 0.1) is 22.7 Å². The van der Waals surface area contributed by atoms with Crippen molar-refractivity contribution in [1.82, 2.24) is 5.32 Å². The Hall–Kier alpha value is -1.04. The highest BCUT2D eigenvalue weighted by molar-refractivity contribution is 5.85. The van der Waals surface area contributed by atoms with E-state index in [2.05, 4.69) is 25.2 Å². The molecule has 0 spiro atoms. The summed E-state index contributed by atoms with van der Waals surface area (Å²) in [6.07, 6.45) is 7.88. The first-order valence-corrected chi connectivity index (χ1v) is 7.76. The number of amides is 1. The van der Waals surface area contributed by atoms with E-state index in [4.69, 9.17) is 0 Å². The summed E-state index contributed by atoms with van der Waals surface area (Å²) in [5.41, 5.74) is -0.764. The predicted octanol–water partition coefficient (Wildman–Crippen LogP) is 3.79. The Morgan fingerprint density at radius 3 is 2.32 bits per heavy atom. The summed E-state index contributed by atoms with van der Waals surface area (Å²) in [5.74, 6) is 0.579. The van der Waals surface area contributed by atoms with Crippen molar-refractivity contribution in [3.8, 4) is 6.07 Å². The molecular weight excluding hydrogens is 236 g/mol. The van der Waals surface area contributed by atoms with Crippen molar-refractivity contribution in [3.63, 3.8) is 0 Å². The molecule has 2 unspecified atom stereocenters. The molecule has 0 saturated heterocycles. The Morgan fingerprint density at radius 1 is 1.26 bits per heavy atom. The topological polar surface area (TPSA) is 52.9 Å². The maximum absolute atomic E-state index is 12.5. The fourth-order valence-electron chi connectivity index (χ4n) is 2.91. The average Bonchev–Trinajstić information content (AvgIpc) is 2.64. The highest BCUT2D eigenvalue weighted by Crippen LogP contribution is 2.34. The Balaban J connectivity index is 2.61. The van der Waals surface area contributed by atoms with Crippen LogP contribution >= 0.6 is 0 Å². The minimum atomic E-state index is -0.764. The van der Waals surface area contributed by atoms with Gasteiger partial charge in [0.2, 0.25) is 5.91 Å². The number of carbonyl (C=O) groups is 1. The van der Waals surface area contributed by atoms with Crippen molar-refractivity contribution in [1.29, 1.82) is 5.26 Å². The Bertz CT molecular complexity index is 324. The monoisotopic (exact) mass is 264 g/mol. The van der Waals surface area contributed by atoms with E-state index in [0.717, 1.165) is 51.4 Å². The smallest absolute Gasteiger partial charge is 0.240 e. The number of hydrogen-bond acceptors (Lipinski definition) is 2. The van der Waals surface area contributed by atoms with Crippen LogP contribution in [-0.4, -0.2) is 11.9 Å². The van der Waals surface area contributed by atoms with E-state index in [1.807, 2.05) is 6.92 Å². The molecule has 0 bridgehead atoms. The first-order valence-electron chi connectivity index (χ1n) is 7.76. The van der Waals surface area contributed by atoms with Crippen LogP contribution in [0.2, 0.25) is 0 Å². The second kappa shape index (κ2) is 7.53. The Labute approximate surface area is 117 Å². The minimum Gasteiger partial charge on any atom is -0.352 e. The van der Waals surface area contributed by atoms with Crippen molar-refractivity contribution < 1.29 is 4.79 Å². The van der Waals surface area contributed by atoms with Crippen molar-refractivity contribution in [2.45, 2.75) is 78.2 Å². The lowest BCUT2D eigenvalue weighted by Crippen LogP contribution is -2.44. The summed E-state index contributed by atoms with van der Waals surface area (Å²) in [6.45, 7) is 6.42. The van der Waals surface area contributed by atoms with Gasteiger partial charge >= 0.3 is 0 Å². The van der Waals surface area contributed by atoms with E-state index in [9.17, 15) is 10.1 Å². The first-order chi connectivity index (χ1) is 9.04. The van der Waals surface area contributed by atoms with Crippen LogP contribution in [0.4, 0.5) is 0 Å². The summed E-state index contributed by atoms with van der Waals surface area (Å²) < 4.78 is 0. The number of nitriles is 1. The molecule has 19 heavy (non-hydrogen) atoms. The maximum atomic E-state index is 12.5. The zero-order valence-electron chi connectivity index (χ0n) is 12.7. The van der Waals surface area contributed by atoms with Gasteiger partial charge in [-0.15, -0.1) is 0 Å². The standard InChI is InChI=1S/C16H28N2O/c1-4-13(2)11-14(3)18-15(19)16(12-17)9-7-5-6-8-10-16/h13-14H,4-11H2,1-3H3,(H,18,19). The van der Waals surface area contributed by atoms with Crippen molar-refractivity contribution >= 4 is 5.91 Å². The van der Waals surface area contributed by atoms with Gasteiger partial charge < -0.3 is 5.32 Å². The number of hydrogen-bond donors (Lipinski definition) is 1. The normalized spacial score (nSPS) is 21.8. The molecule has 1 amide bonds. The minimum absolute atomic E-state index is 0.0345. The van der Waals surface area contributed by atoms with E-state index < -0.39 is 5.41 Å². The molecule has 0 heterocycles. The van der Waals surface area contributed by atoms with Crippen molar-refractivity contribution in [2.24, 2.45) is 11.3 Å². The molecule has 0 aromatic carbocycles. The lowest BCUT2D eigenvalue weighted by molar-refractivity contribution is -0.129. The lowest BCUT2D eigenvalue weighted by atomic mass is 9.80. The fraction of sp³-hybridized carbons (Fsp3) is 0.875. The van der Waals surface area contributed by atoms with Gasteiger partial charge in [-0.05, 0) is 32.1 Å². The maximum Gasteiger partial charge on any atom is 0.240 e. The molecule has 0 aromatic rings. The van der Waals surface area contributed by atoms with Gasteiger partial charge in [-0.1, -0.05) is 46.0 Å². The number of nitrogens with zero attached hydrogens (tertiary/aromatic N) is 1. The van der Waals surface area contributed by atoms with Gasteiger partial charge in [-0.2, -0.15) is 5.26 Å². The molecule has 1 N–H and O–H groups in total. The van der Waals surface area contributed by atoms with Crippen LogP contribution in [0.15, 0.2) is 0 Å². The van der Waals surface area contributed by atoms with Gasteiger partial charge in [0.05, 0.1) is 6.07 Å². The molecule has 1 aliphatic carbocycles. The third-order valence-corrected chi connectivity index (χ3v) is 4.44. The van der Waals surface area contributed by atoms with Crippen LogP contribution in [0.3, 0.4) is 0 Å². The number of carbonyl (C=O) groups excluding carboxylic acids is 1. The van der Waals surface area contributed by atoms with Gasteiger partial charge in [-0.25, -0.2) is 0 Å². The predicted molar refractivity (Wildman–Crippen MR) is 77.4 cm³/mol. The summed E-state index contributed by atoms with van der Waals surface area (Å²) in [5, 5.41) is 12.5. The first kappa shape index (κ1) is 16.0. The summed E-state index contributed by atoms with van der Waals surface area (Å²) >= 11 is 0. The molecule has 1 aliphatic rings. The molecule has 1 saturated carbocycles. The van der Waals surface area contributed by atoms with E-state index in [1.165, 1.54) is 0 Å². The van der Waals surface area contributed by atoms with Gasteiger partial charge in [0.15, 0.2) is 0 Å². The molecule has 1 rings (SSSR count). The molecule has 0 aromatic heterocycles. The number of rotatable bonds is 5.